The lowest BCUT2D eigenvalue weighted by Gasteiger charge is -2.45. The summed E-state index contributed by atoms with van der Waals surface area (Å²) >= 11 is 0. The number of aliphatic hydroxyl groups excluding tert-OH is 2. The molecule has 3 N–H and O–H groups in total. The molecular weight excluding hydrogens is 512 g/mol. The number of aliphatic hydroxyl groups is 3. The largest absolute Gasteiger partial charge is 0.390 e. The maximum atomic E-state index is 11.9. The SMILES string of the molecule is O[C@H](c1c(C2CC2)ccc2cncn12)C1CCC(C2(O)CCC([C@H](O)c3c(C4CC4)ccc4cncn34)CC2)CC1. The molecule has 0 bridgehead atoms. The van der Waals surface area contributed by atoms with Crippen LogP contribution in [0.4, 0.5) is 0 Å². The fourth-order valence-electron chi connectivity index (χ4n) is 8.45. The summed E-state index contributed by atoms with van der Waals surface area (Å²) < 4.78 is 4.19. The minimum Gasteiger partial charge on any atom is -0.390 e. The summed E-state index contributed by atoms with van der Waals surface area (Å²) in [5.41, 5.74) is 6.02. The number of pyridine rings is 2. The molecule has 0 spiro atoms. The minimum absolute atomic E-state index is 0.149. The molecule has 2 atom stereocenters. The van der Waals surface area contributed by atoms with Crippen molar-refractivity contribution in [2.24, 2.45) is 17.8 Å². The van der Waals surface area contributed by atoms with E-state index in [0.29, 0.717) is 11.8 Å². The molecule has 4 heterocycles. The lowest BCUT2D eigenvalue weighted by Crippen LogP contribution is -2.44. The van der Waals surface area contributed by atoms with E-state index in [0.717, 1.165) is 73.8 Å². The van der Waals surface area contributed by atoms with E-state index in [1.807, 2.05) is 25.0 Å². The second-order valence-corrected chi connectivity index (χ2v) is 13.7. The highest BCUT2D eigenvalue weighted by Crippen LogP contribution is 2.51. The van der Waals surface area contributed by atoms with Crippen molar-refractivity contribution >= 4 is 11.0 Å². The van der Waals surface area contributed by atoms with E-state index >= 15 is 0 Å². The van der Waals surface area contributed by atoms with Crippen molar-refractivity contribution in [3.63, 3.8) is 0 Å². The van der Waals surface area contributed by atoms with Gasteiger partial charge in [-0.2, -0.15) is 0 Å². The Labute approximate surface area is 241 Å². The smallest absolute Gasteiger partial charge is 0.0995 e. The molecule has 0 amide bonds. The average molecular weight is 555 g/mol. The van der Waals surface area contributed by atoms with Crippen molar-refractivity contribution in [1.29, 1.82) is 0 Å². The van der Waals surface area contributed by atoms with Gasteiger partial charge in [-0.1, -0.05) is 12.1 Å². The maximum absolute atomic E-state index is 11.9. The molecule has 4 aromatic heterocycles. The molecule has 0 radical (unpaired) electrons. The van der Waals surface area contributed by atoms with Gasteiger partial charge in [-0.25, -0.2) is 9.97 Å². The van der Waals surface area contributed by atoms with E-state index in [4.69, 9.17) is 0 Å². The van der Waals surface area contributed by atoms with Crippen LogP contribution in [0.3, 0.4) is 0 Å². The van der Waals surface area contributed by atoms with E-state index < -0.39 is 17.8 Å². The van der Waals surface area contributed by atoms with Crippen molar-refractivity contribution in [3.8, 4) is 0 Å². The molecule has 4 fully saturated rings. The summed E-state index contributed by atoms with van der Waals surface area (Å²) in [6.45, 7) is 0. The zero-order valence-electron chi connectivity index (χ0n) is 23.8. The van der Waals surface area contributed by atoms with E-state index in [-0.39, 0.29) is 17.8 Å². The van der Waals surface area contributed by atoms with Crippen molar-refractivity contribution in [3.05, 3.63) is 71.8 Å². The van der Waals surface area contributed by atoms with Gasteiger partial charge in [0, 0.05) is 0 Å². The third-order valence-corrected chi connectivity index (χ3v) is 11.2. The first-order valence-corrected chi connectivity index (χ1v) is 16.0. The van der Waals surface area contributed by atoms with Crippen LogP contribution in [0.2, 0.25) is 0 Å². The number of hydrogen-bond donors (Lipinski definition) is 3. The average Bonchev–Trinajstić information content (AvgIpc) is 3.93. The number of nitrogens with zero attached hydrogens (tertiary/aromatic N) is 4. The molecule has 4 saturated carbocycles. The Morgan fingerprint density at radius 2 is 1.10 bits per heavy atom. The highest BCUT2D eigenvalue weighted by atomic mass is 16.3. The predicted octanol–water partition coefficient (Wildman–Crippen LogP) is 6.23. The van der Waals surface area contributed by atoms with Gasteiger partial charge in [-0.05, 0) is 130 Å². The van der Waals surface area contributed by atoms with Gasteiger partial charge in [0.05, 0.1) is 65.3 Å². The first-order chi connectivity index (χ1) is 20.0. The number of fused-ring (bicyclic) bond motifs is 2. The van der Waals surface area contributed by atoms with E-state index in [2.05, 4.69) is 43.0 Å². The van der Waals surface area contributed by atoms with Gasteiger partial charge in [-0.15, -0.1) is 0 Å². The van der Waals surface area contributed by atoms with Crippen molar-refractivity contribution in [1.82, 2.24) is 18.8 Å². The highest BCUT2D eigenvalue weighted by Gasteiger charge is 2.45. The van der Waals surface area contributed by atoms with Crippen molar-refractivity contribution < 1.29 is 15.3 Å². The van der Waals surface area contributed by atoms with Crippen LogP contribution in [-0.2, 0) is 0 Å². The lowest BCUT2D eigenvalue weighted by atomic mass is 9.64. The summed E-state index contributed by atoms with van der Waals surface area (Å²) in [5.74, 6) is 1.73. The van der Waals surface area contributed by atoms with Crippen LogP contribution in [0.5, 0.6) is 0 Å². The van der Waals surface area contributed by atoms with Crippen LogP contribution in [0.1, 0.15) is 124 Å². The number of aromatic nitrogens is 4. The molecule has 4 aromatic rings. The number of rotatable bonds is 7. The molecule has 0 aliphatic heterocycles. The third kappa shape index (κ3) is 4.52. The normalized spacial score (nSPS) is 30.6. The van der Waals surface area contributed by atoms with E-state index in [1.165, 1.54) is 36.8 Å². The Kier molecular flexibility index (Phi) is 6.28. The quantitative estimate of drug-likeness (QED) is 0.252. The second kappa shape index (κ2) is 9.92. The topological polar surface area (TPSA) is 95.3 Å². The Balaban J connectivity index is 0.940. The standard InChI is InChI=1S/C34H42N4O3/c39-32(30-28(21-1-2-21)11-9-26-17-35-19-37(26)30)23-5-7-25(8-6-23)34(41)15-13-24(14-16-34)33(40)31-29(22-3-4-22)12-10-27-18-36-20-38(27)31/h9-12,17-25,32-33,39-41H,1-8,13-16H2/t23?,24?,25?,32-,33-,34?/m0/s1. The van der Waals surface area contributed by atoms with Crippen LogP contribution in [0.15, 0.2) is 49.3 Å². The van der Waals surface area contributed by atoms with Gasteiger partial charge >= 0.3 is 0 Å². The summed E-state index contributed by atoms with van der Waals surface area (Å²) in [6.07, 6.45) is 18.1. The van der Waals surface area contributed by atoms with Gasteiger partial charge < -0.3 is 24.1 Å². The van der Waals surface area contributed by atoms with Crippen LogP contribution >= 0.6 is 0 Å². The number of hydrogen-bond acceptors (Lipinski definition) is 5. The Hall–Kier alpha value is -2.74. The molecule has 7 nitrogen and oxygen atoms in total. The third-order valence-electron chi connectivity index (χ3n) is 11.2. The monoisotopic (exact) mass is 554 g/mol. The van der Waals surface area contributed by atoms with Crippen LogP contribution < -0.4 is 0 Å². The zero-order chi connectivity index (χ0) is 27.7. The molecule has 0 unspecified atom stereocenters. The lowest BCUT2D eigenvalue weighted by molar-refractivity contribution is -0.0910. The molecule has 216 valence electrons. The molecule has 41 heavy (non-hydrogen) atoms. The summed E-state index contributed by atoms with van der Waals surface area (Å²) in [5, 5.41) is 35.2. The Morgan fingerprint density at radius 1 is 0.634 bits per heavy atom. The predicted molar refractivity (Wildman–Crippen MR) is 157 cm³/mol. The second-order valence-electron chi connectivity index (χ2n) is 13.7. The fourth-order valence-corrected chi connectivity index (χ4v) is 8.45. The fraction of sp³-hybridized carbons (Fsp3) is 0.588. The molecule has 8 rings (SSSR count). The van der Waals surface area contributed by atoms with Gasteiger partial charge in [0.1, 0.15) is 0 Å². The molecular formula is C34H42N4O3. The van der Waals surface area contributed by atoms with Crippen LogP contribution in [0.25, 0.3) is 11.0 Å². The Morgan fingerprint density at radius 3 is 1.56 bits per heavy atom. The van der Waals surface area contributed by atoms with E-state index in [1.54, 1.807) is 0 Å². The van der Waals surface area contributed by atoms with Crippen molar-refractivity contribution in [2.75, 3.05) is 0 Å². The molecule has 4 aliphatic rings. The van der Waals surface area contributed by atoms with Gasteiger partial charge in [0.15, 0.2) is 0 Å². The van der Waals surface area contributed by atoms with Crippen LogP contribution in [-0.4, -0.2) is 39.7 Å². The zero-order valence-corrected chi connectivity index (χ0v) is 23.8. The first-order valence-electron chi connectivity index (χ1n) is 16.0. The van der Waals surface area contributed by atoms with Gasteiger partial charge in [-0.3, -0.25) is 0 Å². The molecule has 0 aromatic carbocycles. The first kappa shape index (κ1) is 25.9. The van der Waals surface area contributed by atoms with Gasteiger partial charge in [0.2, 0.25) is 0 Å². The molecule has 0 saturated heterocycles. The highest BCUT2D eigenvalue weighted by molar-refractivity contribution is 5.51. The van der Waals surface area contributed by atoms with E-state index in [9.17, 15) is 15.3 Å². The van der Waals surface area contributed by atoms with Crippen molar-refractivity contribution in [2.45, 2.75) is 107 Å². The molecule has 4 aliphatic carbocycles. The number of imidazole rings is 2. The van der Waals surface area contributed by atoms with Crippen LogP contribution in [0, 0.1) is 17.8 Å². The van der Waals surface area contributed by atoms with Gasteiger partial charge in [0.25, 0.3) is 0 Å². The summed E-state index contributed by atoms with van der Waals surface area (Å²) in [4.78, 5) is 8.71. The maximum Gasteiger partial charge on any atom is 0.0995 e. The summed E-state index contributed by atoms with van der Waals surface area (Å²) in [6, 6.07) is 8.64. The molecule has 7 heteroatoms. The minimum atomic E-state index is -0.671. The Bertz CT molecular complexity index is 1550. The summed E-state index contributed by atoms with van der Waals surface area (Å²) in [7, 11) is 0.